The molecule has 96 valence electrons. The molecular weight excluding hydrogens is 230 g/mol. The summed E-state index contributed by atoms with van der Waals surface area (Å²) in [6.07, 6.45) is -2.66. The number of rotatable bonds is 4. The van der Waals surface area contributed by atoms with Gasteiger partial charge in [-0.15, -0.1) is 0 Å². The van der Waals surface area contributed by atoms with Gasteiger partial charge in [-0.3, -0.25) is 0 Å². The van der Waals surface area contributed by atoms with Crippen LogP contribution in [0.3, 0.4) is 0 Å². The van der Waals surface area contributed by atoms with Crippen molar-refractivity contribution in [2.75, 3.05) is 14.2 Å². The van der Waals surface area contributed by atoms with Crippen LogP contribution in [0.1, 0.15) is 31.4 Å². The lowest BCUT2D eigenvalue weighted by Crippen LogP contribution is -2.17. The molecule has 0 saturated carbocycles. The van der Waals surface area contributed by atoms with Crippen molar-refractivity contribution in [3.05, 3.63) is 23.3 Å². The van der Waals surface area contributed by atoms with Gasteiger partial charge in [0.1, 0.15) is 11.5 Å². The van der Waals surface area contributed by atoms with Crippen LogP contribution in [0.5, 0.6) is 11.5 Å². The Hall–Kier alpha value is -1.36. The molecule has 0 amide bonds. The van der Waals surface area contributed by atoms with Crippen molar-refractivity contribution >= 4 is 0 Å². The lowest BCUT2D eigenvalue weighted by atomic mass is 9.95. The molecule has 0 aromatic heterocycles. The molecule has 0 bridgehead atoms. The molecule has 5 heteroatoms. The zero-order valence-electron chi connectivity index (χ0n) is 10.3. The maximum absolute atomic E-state index is 12.8. The fourth-order valence-electron chi connectivity index (χ4n) is 1.57. The van der Waals surface area contributed by atoms with Gasteiger partial charge in [0.15, 0.2) is 0 Å². The van der Waals surface area contributed by atoms with E-state index in [1.807, 2.05) is 0 Å². The number of hydrogen-bond acceptors (Lipinski definition) is 3. The predicted molar refractivity (Wildman–Crippen MR) is 59.7 cm³/mol. The Balaban J connectivity index is 3.44. The Morgan fingerprint density at radius 3 is 2.00 bits per heavy atom. The van der Waals surface area contributed by atoms with E-state index >= 15 is 0 Å². The smallest absolute Gasteiger partial charge is 0.267 e. The summed E-state index contributed by atoms with van der Waals surface area (Å²) >= 11 is 0. The van der Waals surface area contributed by atoms with Crippen LogP contribution in [0.25, 0.3) is 0 Å². The minimum Gasteiger partial charge on any atom is -0.496 e. The van der Waals surface area contributed by atoms with Gasteiger partial charge in [0.05, 0.1) is 25.4 Å². The van der Waals surface area contributed by atoms with Crippen molar-refractivity contribution in [2.24, 2.45) is 0 Å². The van der Waals surface area contributed by atoms with Crippen LogP contribution in [0.4, 0.5) is 8.78 Å². The number of alkyl halides is 2. The van der Waals surface area contributed by atoms with Crippen LogP contribution in [-0.4, -0.2) is 19.3 Å². The molecule has 0 unspecified atom stereocenters. The van der Waals surface area contributed by atoms with Gasteiger partial charge in [0, 0.05) is 5.56 Å². The van der Waals surface area contributed by atoms with E-state index in [1.165, 1.54) is 26.4 Å². The first-order valence-corrected chi connectivity index (χ1v) is 5.08. The fourth-order valence-corrected chi connectivity index (χ4v) is 1.57. The van der Waals surface area contributed by atoms with Gasteiger partial charge in [0.25, 0.3) is 6.43 Å². The first-order valence-electron chi connectivity index (χ1n) is 5.08. The molecule has 1 N–H and O–H groups in total. The first kappa shape index (κ1) is 13.7. The molecule has 0 aliphatic heterocycles. The van der Waals surface area contributed by atoms with Gasteiger partial charge in [-0.2, -0.15) is 0 Å². The molecular formula is C12H16F2O3. The third kappa shape index (κ3) is 2.85. The summed E-state index contributed by atoms with van der Waals surface area (Å²) in [7, 11) is 2.67. The van der Waals surface area contributed by atoms with Gasteiger partial charge in [-0.05, 0) is 26.0 Å². The molecule has 0 fully saturated rings. The zero-order valence-corrected chi connectivity index (χ0v) is 10.3. The van der Waals surface area contributed by atoms with Crippen LogP contribution < -0.4 is 9.47 Å². The topological polar surface area (TPSA) is 38.7 Å². The van der Waals surface area contributed by atoms with E-state index in [4.69, 9.17) is 9.47 Å². The molecule has 1 rings (SSSR count). The summed E-state index contributed by atoms with van der Waals surface area (Å²) in [5.74, 6) is 0.256. The van der Waals surface area contributed by atoms with E-state index in [0.717, 1.165) is 0 Å². The number of hydrogen-bond donors (Lipinski definition) is 1. The Bertz CT molecular complexity index is 397. The standard InChI is InChI=1S/C12H16F2O3/c1-12(2,15)8-6-9(16-3)7(11(13)14)5-10(8)17-4/h5-6,11,15H,1-4H3. The second-order valence-corrected chi connectivity index (χ2v) is 4.15. The monoisotopic (exact) mass is 246 g/mol. The van der Waals surface area contributed by atoms with Gasteiger partial charge in [0.2, 0.25) is 0 Å². The molecule has 1 aromatic rings. The lowest BCUT2D eigenvalue weighted by Gasteiger charge is -2.23. The minimum atomic E-state index is -2.66. The van der Waals surface area contributed by atoms with E-state index < -0.39 is 12.0 Å². The second-order valence-electron chi connectivity index (χ2n) is 4.15. The van der Waals surface area contributed by atoms with Crippen LogP contribution in [0.2, 0.25) is 0 Å². The molecule has 0 atom stereocenters. The molecule has 0 heterocycles. The van der Waals surface area contributed by atoms with Crippen molar-refractivity contribution in [3.63, 3.8) is 0 Å². The number of aliphatic hydroxyl groups is 1. The maximum Gasteiger partial charge on any atom is 0.267 e. The number of methoxy groups -OCH3 is 2. The third-order valence-electron chi connectivity index (χ3n) is 2.45. The van der Waals surface area contributed by atoms with E-state index in [9.17, 15) is 13.9 Å². The number of ether oxygens (including phenoxy) is 2. The predicted octanol–water partition coefficient (Wildman–Crippen LogP) is 2.87. The quantitative estimate of drug-likeness (QED) is 0.887. The van der Waals surface area contributed by atoms with Crippen LogP contribution in [0.15, 0.2) is 12.1 Å². The molecule has 0 spiro atoms. The third-order valence-corrected chi connectivity index (χ3v) is 2.45. The summed E-state index contributed by atoms with van der Waals surface area (Å²) in [5.41, 5.74) is -1.04. The normalized spacial score (nSPS) is 11.8. The van der Waals surface area contributed by atoms with Crippen molar-refractivity contribution in [2.45, 2.75) is 25.9 Å². The molecule has 0 aliphatic carbocycles. The number of benzene rings is 1. The van der Waals surface area contributed by atoms with E-state index in [-0.39, 0.29) is 17.1 Å². The van der Waals surface area contributed by atoms with Crippen molar-refractivity contribution in [1.29, 1.82) is 0 Å². The summed E-state index contributed by atoms with van der Waals surface area (Å²) in [4.78, 5) is 0. The lowest BCUT2D eigenvalue weighted by molar-refractivity contribution is 0.0749. The molecule has 0 radical (unpaired) electrons. The van der Waals surface area contributed by atoms with E-state index in [2.05, 4.69) is 0 Å². The average molecular weight is 246 g/mol. The molecule has 0 aliphatic rings. The maximum atomic E-state index is 12.8. The summed E-state index contributed by atoms with van der Waals surface area (Å²) < 4.78 is 35.4. The molecule has 3 nitrogen and oxygen atoms in total. The SMILES string of the molecule is COc1cc(C(C)(C)O)c(OC)cc1C(F)F. The van der Waals surface area contributed by atoms with Gasteiger partial charge in [-0.1, -0.05) is 0 Å². The minimum absolute atomic E-state index is 0.0397. The summed E-state index contributed by atoms with van der Waals surface area (Å²) in [6, 6.07) is 2.57. The Morgan fingerprint density at radius 1 is 1.12 bits per heavy atom. The van der Waals surface area contributed by atoms with Crippen molar-refractivity contribution < 1.29 is 23.4 Å². The fraction of sp³-hybridized carbons (Fsp3) is 0.500. The van der Waals surface area contributed by atoms with Gasteiger partial charge in [-0.25, -0.2) is 8.78 Å². The Morgan fingerprint density at radius 2 is 1.65 bits per heavy atom. The highest BCUT2D eigenvalue weighted by atomic mass is 19.3. The first-order chi connectivity index (χ1) is 7.81. The van der Waals surface area contributed by atoms with E-state index in [0.29, 0.717) is 5.56 Å². The Kier molecular flexibility index (Phi) is 3.93. The highest BCUT2D eigenvalue weighted by Crippen LogP contribution is 2.39. The molecule has 0 saturated heterocycles. The van der Waals surface area contributed by atoms with Crippen LogP contribution in [-0.2, 0) is 5.60 Å². The second kappa shape index (κ2) is 4.87. The summed E-state index contributed by atoms with van der Waals surface area (Å²) in [5, 5.41) is 9.93. The van der Waals surface area contributed by atoms with Gasteiger partial charge < -0.3 is 14.6 Å². The number of halogens is 2. The molecule has 1 aromatic carbocycles. The van der Waals surface area contributed by atoms with Crippen LogP contribution >= 0.6 is 0 Å². The van der Waals surface area contributed by atoms with Gasteiger partial charge >= 0.3 is 0 Å². The van der Waals surface area contributed by atoms with Crippen LogP contribution in [0, 0.1) is 0 Å². The summed E-state index contributed by atoms with van der Waals surface area (Å²) in [6.45, 7) is 3.10. The van der Waals surface area contributed by atoms with Crippen molar-refractivity contribution in [1.82, 2.24) is 0 Å². The van der Waals surface area contributed by atoms with E-state index in [1.54, 1.807) is 13.8 Å². The Labute approximate surface area is 99.0 Å². The zero-order chi connectivity index (χ0) is 13.2. The highest BCUT2D eigenvalue weighted by Gasteiger charge is 2.25. The van der Waals surface area contributed by atoms with Crippen molar-refractivity contribution in [3.8, 4) is 11.5 Å². The largest absolute Gasteiger partial charge is 0.496 e. The highest BCUT2D eigenvalue weighted by molar-refractivity contribution is 5.49. The average Bonchev–Trinajstić information content (AvgIpc) is 2.25. The molecule has 17 heavy (non-hydrogen) atoms.